The molecule has 22 heavy (non-hydrogen) atoms. The Hall–Kier alpha value is -0.480. The molecular formula is C18H30N2OS. The molecule has 2 fully saturated rings. The maximum absolute atomic E-state index is 12.9. The van der Waals surface area contributed by atoms with Crippen molar-refractivity contribution in [2.45, 2.75) is 46.0 Å². The fraction of sp³-hybridized carbons (Fsp3) is 0.833. The van der Waals surface area contributed by atoms with E-state index in [1.807, 2.05) is 11.8 Å². The summed E-state index contributed by atoms with van der Waals surface area (Å²) in [5.74, 6) is 2.18. The molecule has 3 heterocycles. The number of carbonyl (C=O) groups is 1. The number of piperidine rings is 1. The lowest BCUT2D eigenvalue weighted by atomic mass is 9.88. The number of nitrogens with zero attached hydrogens (tertiary/aromatic N) is 1. The fourth-order valence-electron chi connectivity index (χ4n) is 3.99. The van der Waals surface area contributed by atoms with Crippen molar-refractivity contribution in [1.29, 1.82) is 0 Å². The van der Waals surface area contributed by atoms with Crippen LogP contribution in [-0.4, -0.2) is 42.7 Å². The quantitative estimate of drug-likeness (QED) is 0.847. The van der Waals surface area contributed by atoms with Crippen LogP contribution < -0.4 is 5.32 Å². The van der Waals surface area contributed by atoms with Crippen LogP contribution in [0.4, 0.5) is 0 Å². The molecular weight excluding hydrogens is 292 g/mol. The predicted octanol–water partition coefficient (Wildman–Crippen LogP) is 3.27. The summed E-state index contributed by atoms with van der Waals surface area (Å²) in [6, 6.07) is 0. The number of carbonyl (C=O) groups excluding carboxylic acids is 1. The highest BCUT2D eigenvalue weighted by molar-refractivity contribution is 8.03. The van der Waals surface area contributed by atoms with Gasteiger partial charge in [-0.05, 0) is 55.0 Å². The molecule has 2 saturated heterocycles. The van der Waals surface area contributed by atoms with Crippen LogP contribution in [0, 0.1) is 17.3 Å². The molecule has 0 spiro atoms. The number of hydrogen-bond acceptors (Lipinski definition) is 3. The maximum atomic E-state index is 12.9. The average Bonchev–Trinajstić information content (AvgIpc) is 2.93. The highest BCUT2D eigenvalue weighted by atomic mass is 32.2. The van der Waals surface area contributed by atoms with E-state index in [0.29, 0.717) is 11.8 Å². The van der Waals surface area contributed by atoms with E-state index >= 15 is 0 Å². The lowest BCUT2D eigenvalue weighted by molar-refractivity contribution is -0.134. The molecule has 4 heteroatoms. The lowest BCUT2D eigenvalue weighted by Gasteiger charge is -2.30. The number of amides is 1. The Kier molecular flexibility index (Phi) is 5.18. The van der Waals surface area contributed by atoms with E-state index in [4.69, 9.17) is 0 Å². The largest absolute Gasteiger partial charge is 0.342 e. The molecule has 0 aromatic heterocycles. The van der Waals surface area contributed by atoms with Crippen molar-refractivity contribution in [3.05, 3.63) is 11.0 Å². The standard InChI is InChI=1S/C18H30N2OS/c1-18(2)7-3-4-10-20(13-18)17(21)15-11-16(22-12-15)14-5-8-19-9-6-14/h11,14-15,19H,3-10,12-13H2,1-2H3. The Labute approximate surface area is 139 Å². The Bertz CT molecular complexity index is 440. The molecule has 0 saturated carbocycles. The second kappa shape index (κ2) is 6.96. The molecule has 0 aromatic carbocycles. The molecule has 3 rings (SSSR count). The van der Waals surface area contributed by atoms with Gasteiger partial charge in [-0.1, -0.05) is 26.3 Å². The van der Waals surface area contributed by atoms with Gasteiger partial charge in [-0.3, -0.25) is 4.79 Å². The minimum Gasteiger partial charge on any atom is -0.342 e. The van der Waals surface area contributed by atoms with Crippen molar-refractivity contribution in [2.24, 2.45) is 17.3 Å². The van der Waals surface area contributed by atoms with Gasteiger partial charge in [0.1, 0.15) is 0 Å². The van der Waals surface area contributed by atoms with Crippen LogP contribution in [0.2, 0.25) is 0 Å². The first-order valence-electron chi connectivity index (χ1n) is 8.89. The van der Waals surface area contributed by atoms with Gasteiger partial charge in [-0.2, -0.15) is 0 Å². The highest BCUT2D eigenvalue weighted by Gasteiger charge is 2.33. The Morgan fingerprint density at radius 3 is 2.86 bits per heavy atom. The SMILES string of the molecule is CC1(C)CCCCN(C(=O)C2C=C(C3CCNCC3)SC2)C1. The van der Waals surface area contributed by atoms with E-state index in [0.717, 1.165) is 31.9 Å². The smallest absolute Gasteiger partial charge is 0.230 e. The second-order valence-corrected chi connectivity index (χ2v) is 8.99. The topological polar surface area (TPSA) is 32.3 Å². The van der Waals surface area contributed by atoms with E-state index in [1.165, 1.54) is 37.0 Å². The van der Waals surface area contributed by atoms with Gasteiger partial charge in [0, 0.05) is 18.8 Å². The predicted molar refractivity (Wildman–Crippen MR) is 93.8 cm³/mol. The molecule has 3 nitrogen and oxygen atoms in total. The Balaban J connectivity index is 1.63. The van der Waals surface area contributed by atoms with Gasteiger partial charge in [0.05, 0.1) is 5.92 Å². The van der Waals surface area contributed by atoms with Crippen LogP contribution in [-0.2, 0) is 4.79 Å². The van der Waals surface area contributed by atoms with Crippen molar-refractivity contribution in [1.82, 2.24) is 10.2 Å². The van der Waals surface area contributed by atoms with Crippen molar-refractivity contribution in [3.8, 4) is 0 Å². The molecule has 1 amide bonds. The zero-order chi connectivity index (χ0) is 15.6. The molecule has 1 unspecified atom stereocenters. The summed E-state index contributed by atoms with van der Waals surface area (Å²) in [6.07, 6.45) is 8.44. The van der Waals surface area contributed by atoms with Crippen molar-refractivity contribution >= 4 is 17.7 Å². The summed E-state index contributed by atoms with van der Waals surface area (Å²) in [4.78, 5) is 16.6. The number of hydrogen-bond donors (Lipinski definition) is 1. The van der Waals surface area contributed by atoms with Gasteiger partial charge < -0.3 is 10.2 Å². The number of nitrogens with one attached hydrogen (secondary N) is 1. The van der Waals surface area contributed by atoms with Gasteiger partial charge in [-0.25, -0.2) is 0 Å². The summed E-state index contributed by atoms with van der Waals surface area (Å²) in [5.41, 5.74) is 0.277. The molecule has 1 N–H and O–H groups in total. The monoisotopic (exact) mass is 322 g/mol. The average molecular weight is 323 g/mol. The fourth-order valence-corrected chi connectivity index (χ4v) is 5.33. The zero-order valence-electron chi connectivity index (χ0n) is 14.1. The van der Waals surface area contributed by atoms with E-state index in [1.54, 1.807) is 0 Å². The van der Waals surface area contributed by atoms with Crippen LogP contribution in [0.1, 0.15) is 46.0 Å². The number of rotatable bonds is 2. The summed E-state index contributed by atoms with van der Waals surface area (Å²) >= 11 is 1.94. The Morgan fingerprint density at radius 2 is 2.09 bits per heavy atom. The summed E-state index contributed by atoms with van der Waals surface area (Å²) in [5, 5.41) is 3.43. The van der Waals surface area contributed by atoms with Gasteiger partial charge in [0.15, 0.2) is 0 Å². The van der Waals surface area contributed by atoms with Crippen molar-refractivity contribution in [3.63, 3.8) is 0 Å². The van der Waals surface area contributed by atoms with Crippen LogP contribution >= 0.6 is 11.8 Å². The minimum atomic E-state index is 0.129. The first-order chi connectivity index (χ1) is 10.6. The van der Waals surface area contributed by atoms with Gasteiger partial charge in [0.2, 0.25) is 5.91 Å². The molecule has 0 bridgehead atoms. The second-order valence-electron chi connectivity index (χ2n) is 7.89. The molecule has 0 aromatic rings. The normalized spacial score (nSPS) is 30.0. The van der Waals surface area contributed by atoms with Gasteiger partial charge >= 0.3 is 0 Å². The summed E-state index contributed by atoms with van der Waals surface area (Å²) < 4.78 is 0. The third-order valence-corrected chi connectivity index (χ3v) is 6.64. The number of likely N-dealkylation sites (tertiary alicyclic amines) is 1. The van der Waals surface area contributed by atoms with Crippen LogP contribution in [0.5, 0.6) is 0 Å². The first kappa shape index (κ1) is 16.4. The van der Waals surface area contributed by atoms with Gasteiger partial charge in [0.25, 0.3) is 0 Å². The van der Waals surface area contributed by atoms with Crippen molar-refractivity contribution in [2.75, 3.05) is 31.9 Å². The Morgan fingerprint density at radius 1 is 1.32 bits per heavy atom. The zero-order valence-corrected chi connectivity index (χ0v) is 14.9. The van der Waals surface area contributed by atoms with Crippen molar-refractivity contribution < 1.29 is 4.79 Å². The van der Waals surface area contributed by atoms with E-state index in [2.05, 4.69) is 30.1 Å². The van der Waals surface area contributed by atoms with E-state index < -0.39 is 0 Å². The maximum Gasteiger partial charge on any atom is 0.230 e. The summed E-state index contributed by atoms with van der Waals surface area (Å²) in [7, 11) is 0. The molecule has 3 aliphatic heterocycles. The number of thioether (sulfide) groups is 1. The molecule has 124 valence electrons. The third kappa shape index (κ3) is 3.88. The van der Waals surface area contributed by atoms with Crippen LogP contribution in [0.15, 0.2) is 11.0 Å². The van der Waals surface area contributed by atoms with Crippen LogP contribution in [0.3, 0.4) is 0 Å². The van der Waals surface area contributed by atoms with Crippen LogP contribution in [0.25, 0.3) is 0 Å². The van der Waals surface area contributed by atoms with E-state index in [-0.39, 0.29) is 11.3 Å². The summed E-state index contributed by atoms with van der Waals surface area (Å²) in [6.45, 7) is 8.75. The van der Waals surface area contributed by atoms with Gasteiger partial charge in [-0.15, -0.1) is 11.8 Å². The molecule has 1 atom stereocenters. The highest BCUT2D eigenvalue weighted by Crippen LogP contribution is 2.39. The minimum absolute atomic E-state index is 0.129. The number of allylic oxidation sites excluding steroid dienone is 1. The van der Waals surface area contributed by atoms with E-state index in [9.17, 15) is 4.79 Å². The molecule has 0 aliphatic carbocycles. The first-order valence-corrected chi connectivity index (χ1v) is 9.88. The lowest BCUT2D eigenvalue weighted by Crippen LogP contribution is -2.40. The molecule has 0 radical (unpaired) electrons. The molecule has 3 aliphatic rings. The third-order valence-electron chi connectivity index (χ3n) is 5.32.